The van der Waals surface area contributed by atoms with Gasteiger partial charge in [-0.1, -0.05) is 34.6 Å². The molecule has 18 N–H and O–H groups in total. The molecule has 0 aliphatic carbocycles. The van der Waals surface area contributed by atoms with Crippen LogP contribution in [0.3, 0.4) is 0 Å². The molecule has 7 heterocycles. The number of rotatable bonds is 26. The number of H-pyrrole nitrogens is 1. The molecule has 8 bridgehead atoms. The lowest BCUT2D eigenvalue weighted by atomic mass is 9.55. The first-order chi connectivity index (χ1) is 41.8. The minimum absolute atomic E-state index is 0.00918. The molecule has 27 nitrogen and oxygen atoms in total. The molecule has 1 aromatic heterocycles. The number of aromatic nitrogens is 2. The molecule has 7 amide bonds. The zero-order chi connectivity index (χ0) is 66.7. The molecule has 1 aromatic carbocycles. The van der Waals surface area contributed by atoms with Crippen molar-refractivity contribution in [2.45, 2.75) is 189 Å². The number of carbonyl (C=O) groups is 7. The topological polar surface area (TPSA) is 462 Å². The molecule has 0 saturated carbocycles. The number of ether oxygens (including phenoxy) is 1. The van der Waals surface area contributed by atoms with Gasteiger partial charge in [0.05, 0.1) is 24.3 Å². The Morgan fingerprint density at radius 1 is 0.800 bits per heavy atom. The maximum absolute atomic E-state index is 14.4. The van der Waals surface area contributed by atoms with Crippen LogP contribution in [0.1, 0.15) is 150 Å². The van der Waals surface area contributed by atoms with Gasteiger partial charge in [-0.15, -0.1) is 0 Å². The van der Waals surface area contributed by atoms with E-state index in [0.29, 0.717) is 50.9 Å². The van der Waals surface area contributed by atoms with Crippen molar-refractivity contribution in [3.63, 3.8) is 0 Å². The molecule has 492 valence electrons. The van der Waals surface area contributed by atoms with Gasteiger partial charge in [-0.3, -0.25) is 57.6 Å². The molecular weight excluding hydrogens is 1180 g/mol. The number of aliphatic hydroxyl groups is 2. The number of hydrogen-bond donors (Lipinski definition) is 12. The number of nitrogens with zero attached hydrogens (tertiary/aromatic N) is 4. The second-order valence-corrected chi connectivity index (χ2v) is 28.5. The highest BCUT2D eigenvalue weighted by Gasteiger charge is 2.66. The Morgan fingerprint density at radius 3 is 1.99 bits per heavy atom. The molecule has 15 atom stereocenters. The number of aromatic amines is 1. The number of aliphatic imine (C=N–C) groups is 3. The van der Waals surface area contributed by atoms with Crippen LogP contribution in [0.15, 0.2) is 67.8 Å². The zero-order valence-electron chi connectivity index (χ0n) is 53.3. The van der Waals surface area contributed by atoms with Crippen molar-refractivity contribution in [2.24, 2.45) is 94.7 Å². The number of nitrogens with two attached hydrogens (primary N) is 6. The molecule has 28 heteroatoms. The van der Waals surface area contributed by atoms with E-state index in [1.807, 2.05) is 87.4 Å². The van der Waals surface area contributed by atoms with Crippen LogP contribution in [0.5, 0.6) is 0 Å². The number of fused-ring (bicyclic) bond motifs is 7. The number of aryl methyl sites for hydroxylation is 2. The van der Waals surface area contributed by atoms with Crippen molar-refractivity contribution in [2.75, 3.05) is 13.2 Å². The third-order valence-electron chi connectivity index (χ3n) is 20.7. The van der Waals surface area contributed by atoms with Gasteiger partial charge in [-0.2, -0.15) is 4.57 Å². The Bertz CT molecular complexity index is 3540. The molecular formula is C62H91N13O14P+. The van der Waals surface area contributed by atoms with Crippen LogP contribution in [0.4, 0.5) is 0 Å². The van der Waals surface area contributed by atoms with Gasteiger partial charge < -0.3 is 64.9 Å². The number of benzene rings is 1. The number of phosphoric acid groups is 1. The van der Waals surface area contributed by atoms with E-state index in [1.54, 1.807) is 10.9 Å². The summed E-state index contributed by atoms with van der Waals surface area (Å²) in [5.41, 5.74) is 37.6. The van der Waals surface area contributed by atoms with Crippen molar-refractivity contribution in [1.29, 1.82) is 0 Å². The summed E-state index contributed by atoms with van der Waals surface area (Å²) < 4.78 is 32.4. The van der Waals surface area contributed by atoms with E-state index in [9.17, 15) is 53.2 Å². The van der Waals surface area contributed by atoms with E-state index in [4.69, 9.17) is 63.2 Å². The van der Waals surface area contributed by atoms with Gasteiger partial charge in [0.1, 0.15) is 18.3 Å². The minimum Gasteiger partial charge on any atom is -0.394 e. The van der Waals surface area contributed by atoms with Crippen LogP contribution < -0.4 is 49.6 Å². The van der Waals surface area contributed by atoms with Gasteiger partial charge in [-0.05, 0) is 108 Å². The summed E-state index contributed by atoms with van der Waals surface area (Å²) in [5, 5.41) is 28.2. The lowest BCUT2D eigenvalue weighted by molar-refractivity contribution is -0.743. The maximum atomic E-state index is 14.4. The van der Waals surface area contributed by atoms with Crippen molar-refractivity contribution in [3.05, 3.63) is 63.9 Å². The SMILES string of the molecule is CC1=C2N=C(C=C3N/C(=C(/C)C4=NC(C)(C5N=C1C(C)(CCC(=O)NCC(C)OP(=O)(O)OC1C(CO)OC([n+]6c[nH]c7cc(C)c(C)cc76)C1O)C5CC(N)=O)C(C)(CC(N)=O)C4CCC(N)=O)C(C)(CC(N)=O)C3CCC(N)=O)C(C)(C)C2CCC(N)=O. The summed E-state index contributed by atoms with van der Waals surface area (Å²) in [6.07, 6.45) is -4.04. The number of nitrogens with one attached hydrogen (secondary N) is 3. The zero-order valence-corrected chi connectivity index (χ0v) is 54.2. The van der Waals surface area contributed by atoms with Crippen molar-refractivity contribution in [1.82, 2.24) is 15.6 Å². The van der Waals surface area contributed by atoms with E-state index in [1.165, 1.54) is 6.92 Å². The van der Waals surface area contributed by atoms with E-state index in [0.717, 1.165) is 16.6 Å². The fourth-order valence-corrected chi connectivity index (χ4v) is 16.7. The monoisotopic (exact) mass is 1270 g/mol. The number of amides is 7. The highest BCUT2D eigenvalue weighted by molar-refractivity contribution is 7.47. The van der Waals surface area contributed by atoms with Crippen molar-refractivity contribution in [3.8, 4) is 0 Å². The Balaban J connectivity index is 1.19. The minimum atomic E-state index is -5.06. The molecule has 2 aromatic rings. The molecule has 0 radical (unpaired) electrons. The highest BCUT2D eigenvalue weighted by atomic mass is 31.2. The molecule has 8 rings (SSSR count). The van der Waals surface area contributed by atoms with E-state index < -0.39 is 143 Å². The lowest BCUT2D eigenvalue weighted by Gasteiger charge is -2.48. The first-order valence-electron chi connectivity index (χ1n) is 30.6. The summed E-state index contributed by atoms with van der Waals surface area (Å²) in [6, 6.07) is 2.78. The molecule has 90 heavy (non-hydrogen) atoms. The number of hydrogen-bond acceptors (Lipinski definition) is 17. The quantitative estimate of drug-likeness (QED) is 0.0476. The first kappa shape index (κ1) is 68.9. The second kappa shape index (κ2) is 25.6. The summed E-state index contributed by atoms with van der Waals surface area (Å²) in [4.78, 5) is 124. The summed E-state index contributed by atoms with van der Waals surface area (Å²) >= 11 is 0. The number of phosphoric ester groups is 1. The third-order valence-corrected chi connectivity index (χ3v) is 21.8. The van der Waals surface area contributed by atoms with Crippen molar-refractivity contribution >= 4 is 77.3 Å². The average Bonchev–Trinajstić information content (AvgIpc) is 1.53. The molecule has 6 aliphatic rings. The third kappa shape index (κ3) is 13.0. The predicted octanol–water partition coefficient (Wildman–Crippen LogP) is 2.58. The van der Waals surface area contributed by atoms with Gasteiger partial charge in [0.15, 0.2) is 11.0 Å². The molecule has 15 unspecified atom stereocenters. The Labute approximate surface area is 523 Å². The van der Waals surface area contributed by atoms with E-state index in [-0.39, 0.29) is 77.2 Å². The van der Waals surface area contributed by atoms with Gasteiger partial charge >= 0.3 is 7.82 Å². The van der Waals surface area contributed by atoms with E-state index in [2.05, 4.69) is 15.6 Å². The van der Waals surface area contributed by atoms with Gasteiger partial charge in [0.25, 0.3) is 0 Å². The maximum Gasteiger partial charge on any atom is 0.472 e. The number of allylic oxidation sites excluding steroid dienone is 6. The molecule has 6 aliphatic heterocycles. The summed E-state index contributed by atoms with van der Waals surface area (Å²) in [6.45, 7) is 19.3. The molecule has 2 saturated heterocycles. The summed E-state index contributed by atoms with van der Waals surface area (Å²) in [7, 11) is -5.06. The number of carbonyl (C=O) groups excluding carboxylic acids is 7. The summed E-state index contributed by atoms with van der Waals surface area (Å²) in [5.74, 6) is -7.17. The smallest absolute Gasteiger partial charge is 0.394 e. The van der Waals surface area contributed by atoms with Gasteiger partial charge in [0, 0.05) is 131 Å². The first-order valence-corrected chi connectivity index (χ1v) is 32.1. The van der Waals surface area contributed by atoms with Crippen LogP contribution in [0.2, 0.25) is 0 Å². The highest BCUT2D eigenvalue weighted by Crippen LogP contribution is 2.62. The molecule has 0 spiro atoms. The predicted molar refractivity (Wildman–Crippen MR) is 332 cm³/mol. The number of imidazole rings is 1. The van der Waals surface area contributed by atoms with Crippen LogP contribution >= 0.6 is 7.82 Å². The van der Waals surface area contributed by atoms with Crippen LogP contribution in [-0.2, 0) is 51.9 Å². The van der Waals surface area contributed by atoms with Gasteiger partial charge in [-0.25, -0.2) is 9.55 Å². The lowest BCUT2D eigenvalue weighted by Crippen LogP contribution is -2.56. The Kier molecular flexibility index (Phi) is 19.6. The Hall–Kier alpha value is -7.00. The van der Waals surface area contributed by atoms with Crippen LogP contribution in [0, 0.1) is 59.2 Å². The normalized spacial score (nSPS) is 32.8. The molecule has 2 fully saturated rings. The largest absolute Gasteiger partial charge is 0.472 e. The Morgan fingerprint density at radius 2 is 1.40 bits per heavy atom. The second-order valence-electron chi connectivity index (χ2n) is 27.1. The van der Waals surface area contributed by atoms with Crippen molar-refractivity contribution < 1.29 is 71.6 Å². The van der Waals surface area contributed by atoms with E-state index >= 15 is 0 Å². The number of aliphatic hydroxyl groups excluding tert-OH is 2. The van der Waals surface area contributed by atoms with Crippen LogP contribution in [0.25, 0.3) is 11.0 Å². The fourth-order valence-electron chi connectivity index (χ4n) is 15.5. The average molecular weight is 1270 g/mol. The van der Waals surface area contributed by atoms with Crippen LogP contribution in [-0.4, -0.2) is 128 Å². The standard InChI is InChI=1S/C62H90N13O14P/c1-29-20-39-40(21-30(29)2)75(28-70-39)57-52(84)53(41(27-76)87-57)89-90(85,86)88-31(3)26-69-49(83)18-19-59(8)37(22-46(66)80)56-62(11)61(10,25-48(68)82)36(14-17-45(65)79)51(74-62)33(5)55-60(9,24-47(67)81)34(12-15-43(63)77)38(71-55)23-42-58(6,7)35(13-16-44(64)78)50(72-42)32(4)54(59)73-56/h20-21,23,28,31,34-37,41,52-53,56-57,76,84H,12-19,22,24-27H2,1-11H3,(H15,63,64,65,66,67,68,69,71,72,73,74,77,78,79,80,81,82,83,85,86)/p+1. The number of primary amides is 6. The fraction of sp³-hybridized carbons (Fsp3) is 0.629. The van der Waals surface area contributed by atoms with Gasteiger partial charge in [0.2, 0.25) is 53.9 Å².